The lowest BCUT2D eigenvalue weighted by molar-refractivity contribution is -0.274. The van der Waals surface area contributed by atoms with Crippen molar-refractivity contribution in [3.63, 3.8) is 0 Å². The molecule has 0 spiro atoms. The Kier molecular flexibility index (Phi) is 6.41. The molecule has 6 nitrogen and oxygen atoms in total. The fourth-order valence-corrected chi connectivity index (χ4v) is 4.61. The van der Waals surface area contributed by atoms with Crippen LogP contribution in [-0.4, -0.2) is 27.6 Å². The molecular weight excluding hydrogens is 439 g/mol. The molecule has 0 bridgehead atoms. The van der Waals surface area contributed by atoms with E-state index in [-0.39, 0.29) is 29.2 Å². The molecule has 0 aliphatic heterocycles. The van der Waals surface area contributed by atoms with E-state index in [2.05, 4.69) is 15.0 Å². The first-order valence-electron chi connectivity index (χ1n) is 8.76. The summed E-state index contributed by atoms with van der Waals surface area (Å²) >= 11 is 2.50. The van der Waals surface area contributed by atoms with Crippen molar-refractivity contribution in [2.45, 2.75) is 31.9 Å². The van der Waals surface area contributed by atoms with Crippen LogP contribution < -0.4 is 15.6 Å². The molecule has 0 radical (unpaired) electrons. The first-order valence-corrected chi connectivity index (χ1v) is 10.6. The standard InChI is InChI=1S/C19H18F3N3O3S2/c1-10-11(2)30-16-15(10)17(27)25(3)18(24-16)29-9-14(26)23-8-12-6-4-5-7-13(12)28-19(20,21)22/h4-7H,8-9H2,1-3H3,(H,23,26). The summed E-state index contributed by atoms with van der Waals surface area (Å²) in [7, 11) is 1.59. The van der Waals surface area contributed by atoms with Gasteiger partial charge in [0.25, 0.3) is 5.56 Å². The van der Waals surface area contributed by atoms with Crippen LogP contribution >= 0.6 is 23.1 Å². The first-order chi connectivity index (χ1) is 14.1. The highest BCUT2D eigenvalue weighted by atomic mass is 32.2. The van der Waals surface area contributed by atoms with Crippen LogP contribution in [0.3, 0.4) is 0 Å². The average molecular weight is 457 g/mol. The molecule has 0 unspecified atom stereocenters. The number of aryl methyl sites for hydroxylation is 2. The third kappa shape index (κ3) is 4.96. The minimum Gasteiger partial charge on any atom is -0.405 e. The van der Waals surface area contributed by atoms with Gasteiger partial charge >= 0.3 is 6.36 Å². The number of ether oxygens (including phenoxy) is 1. The number of nitrogens with zero attached hydrogens (tertiary/aromatic N) is 2. The van der Waals surface area contributed by atoms with Crippen molar-refractivity contribution in [2.24, 2.45) is 7.05 Å². The summed E-state index contributed by atoms with van der Waals surface area (Å²) in [6, 6.07) is 5.59. The van der Waals surface area contributed by atoms with Crippen molar-refractivity contribution in [1.29, 1.82) is 0 Å². The van der Waals surface area contributed by atoms with Gasteiger partial charge in [0, 0.05) is 24.0 Å². The van der Waals surface area contributed by atoms with Gasteiger partial charge in [0.1, 0.15) is 10.6 Å². The highest BCUT2D eigenvalue weighted by Gasteiger charge is 2.32. The van der Waals surface area contributed by atoms with Crippen molar-refractivity contribution in [3.8, 4) is 5.75 Å². The zero-order valence-electron chi connectivity index (χ0n) is 16.3. The Hall–Kier alpha value is -2.53. The van der Waals surface area contributed by atoms with Crippen LogP contribution in [0.4, 0.5) is 13.2 Å². The van der Waals surface area contributed by atoms with Crippen molar-refractivity contribution < 1.29 is 22.7 Å². The highest BCUT2D eigenvalue weighted by Crippen LogP contribution is 2.28. The maximum atomic E-state index is 12.6. The molecule has 0 fully saturated rings. The number of hydrogen-bond acceptors (Lipinski definition) is 6. The van der Waals surface area contributed by atoms with Gasteiger partial charge in [-0.3, -0.25) is 14.2 Å². The van der Waals surface area contributed by atoms with Crippen LogP contribution in [0.25, 0.3) is 10.2 Å². The normalized spacial score (nSPS) is 11.7. The smallest absolute Gasteiger partial charge is 0.405 e. The van der Waals surface area contributed by atoms with E-state index < -0.39 is 12.3 Å². The highest BCUT2D eigenvalue weighted by molar-refractivity contribution is 7.99. The molecule has 11 heteroatoms. The number of amides is 1. The van der Waals surface area contributed by atoms with E-state index in [1.165, 1.54) is 34.1 Å². The van der Waals surface area contributed by atoms with Crippen LogP contribution in [0.15, 0.2) is 34.2 Å². The number of thiophene rings is 1. The molecule has 1 amide bonds. The predicted molar refractivity (Wildman–Crippen MR) is 110 cm³/mol. The Bertz CT molecular complexity index is 1160. The SMILES string of the molecule is Cc1sc2nc(SCC(=O)NCc3ccccc3OC(F)(F)F)n(C)c(=O)c2c1C. The number of fused-ring (bicyclic) bond motifs is 1. The maximum absolute atomic E-state index is 12.6. The zero-order chi connectivity index (χ0) is 22.1. The Morgan fingerprint density at radius 1 is 1.30 bits per heavy atom. The Labute approximate surface area is 178 Å². The molecule has 1 aromatic carbocycles. The summed E-state index contributed by atoms with van der Waals surface area (Å²) in [6.07, 6.45) is -4.82. The van der Waals surface area contributed by atoms with Crippen LogP contribution in [0.2, 0.25) is 0 Å². The summed E-state index contributed by atoms with van der Waals surface area (Å²) in [5.74, 6) is -0.817. The Morgan fingerprint density at radius 3 is 2.70 bits per heavy atom. The summed E-state index contributed by atoms with van der Waals surface area (Å²) < 4.78 is 42.8. The molecule has 30 heavy (non-hydrogen) atoms. The van der Waals surface area contributed by atoms with Crippen LogP contribution in [0, 0.1) is 13.8 Å². The number of alkyl halides is 3. The third-order valence-electron chi connectivity index (χ3n) is 4.38. The number of nitrogens with one attached hydrogen (secondary N) is 1. The third-order valence-corrected chi connectivity index (χ3v) is 6.51. The van der Waals surface area contributed by atoms with Gasteiger partial charge in [-0.2, -0.15) is 0 Å². The molecule has 0 saturated heterocycles. The fraction of sp³-hybridized carbons (Fsp3) is 0.316. The van der Waals surface area contributed by atoms with Crippen LogP contribution in [0.5, 0.6) is 5.75 Å². The number of carbonyl (C=O) groups excluding carboxylic acids is 1. The van der Waals surface area contributed by atoms with Crippen LogP contribution in [0.1, 0.15) is 16.0 Å². The Balaban J connectivity index is 1.66. The van der Waals surface area contributed by atoms with Gasteiger partial charge in [0.2, 0.25) is 5.91 Å². The summed E-state index contributed by atoms with van der Waals surface area (Å²) in [5, 5.41) is 3.53. The minimum atomic E-state index is -4.82. The maximum Gasteiger partial charge on any atom is 0.573 e. The second-order valence-corrected chi connectivity index (χ2v) is 8.59. The van der Waals surface area contributed by atoms with E-state index >= 15 is 0 Å². The van der Waals surface area contributed by atoms with E-state index in [0.717, 1.165) is 22.2 Å². The lowest BCUT2D eigenvalue weighted by Crippen LogP contribution is -2.26. The molecule has 0 saturated carbocycles. The molecule has 1 N–H and O–H groups in total. The number of carbonyl (C=O) groups is 1. The quantitative estimate of drug-likeness (QED) is 0.449. The van der Waals surface area contributed by atoms with Crippen molar-refractivity contribution in [2.75, 3.05) is 5.75 Å². The molecule has 3 aromatic rings. The van der Waals surface area contributed by atoms with E-state index in [0.29, 0.717) is 15.4 Å². The van der Waals surface area contributed by atoms with Gasteiger partial charge in [-0.05, 0) is 25.5 Å². The van der Waals surface area contributed by atoms with Gasteiger partial charge < -0.3 is 10.1 Å². The van der Waals surface area contributed by atoms with E-state index in [9.17, 15) is 22.8 Å². The van der Waals surface area contributed by atoms with Gasteiger partial charge in [-0.15, -0.1) is 24.5 Å². The number of para-hydroxylation sites is 1. The number of hydrogen-bond donors (Lipinski definition) is 1. The van der Waals surface area contributed by atoms with E-state index in [1.807, 2.05) is 13.8 Å². The summed E-state index contributed by atoms with van der Waals surface area (Å²) in [4.78, 5) is 30.9. The molecule has 0 aliphatic rings. The molecule has 2 aromatic heterocycles. The summed E-state index contributed by atoms with van der Waals surface area (Å²) in [6.45, 7) is 3.67. The number of thioether (sulfide) groups is 1. The van der Waals surface area contributed by atoms with Gasteiger partial charge in [-0.25, -0.2) is 4.98 Å². The second-order valence-electron chi connectivity index (χ2n) is 6.44. The van der Waals surface area contributed by atoms with E-state index in [4.69, 9.17) is 0 Å². The Morgan fingerprint density at radius 2 is 2.00 bits per heavy atom. The predicted octanol–water partition coefficient (Wildman–Crippen LogP) is 3.92. The van der Waals surface area contributed by atoms with Gasteiger partial charge in [0.05, 0.1) is 11.1 Å². The number of benzene rings is 1. The molecule has 0 aliphatic carbocycles. The lowest BCUT2D eigenvalue weighted by Gasteiger charge is -2.13. The van der Waals surface area contributed by atoms with Crippen molar-refractivity contribution >= 4 is 39.2 Å². The molecular formula is C19H18F3N3O3S2. The minimum absolute atomic E-state index is 0.0442. The average Bonchev–Trinajstić information content (AvgIpc) is 2.95. The molecule has 160 valence electrons. The zero-order valence-corrected chi connectivity index (χ0v) is 17.9. The number of rotatable bonds is 6. The van der Waals surface area contributed by atoms with E-state index in [1.54, 1.807) is 13.1 Å². The molecule has 3 rings (SSSR count). The fourth-order valence-electron chi connectivity index (χ4n) is 2.73. The molecule has 2 heterocycles. The lowest BCUT2D eigenvalue weighted by atomic mass is 10.2. The summed E-state index contributed by atoms with van der Waals surface area (Å²) in [5.41, 5.74) is 0.921. The largest absolute Gasteiger partial charge is 0.573 e. The second kappa shape index (κ2) is 8.68. The number of halogens is 3. The topological polar surface area (TPSA) is 73.2 Å². The monoisotopic (exact) mass is 457 g/mol. The molecule has 0 atom stereocenters. The van der Waals surface area contributed by atoms with Gasteiger partial charge in [-0.1, -0.05) is 30.0 Å². The van der Waals surface area contributed by atoms with Crippen molar-refractivity contribution in [1.82, 2.24) is 14.9 Å². The number of aromatic nitrogens is 2. The van der Waals surface area contributed by atoms with Crippen LogP contribution in [-0.2, 0) is 18.4 Å². The first kappa shape index (κ1) is 22.2. The van der Waals surface area contributed by atoms with Gasteiger partial charge in [0.15, 0.2) is 5.16 Å². The van der Waals surface area contributed by atoms with Crippen molar-refractivity contribution in [3.05, 3.63) is 50.6 Å².